The lowest BCUT2D eigenvalue weighted by Gasteiger charge is -2.18. The molecule has 0 aliphatic rings. The smallest absolute Gasteiger partial charge is 0.258 e. The SMILES string of the molecule is CCc1ccc(NC(=O)[C@@H](CCSC)NC(=O)COc2ccccc2)cc1. The van der Waals surface area contributed by atoms with Gasteiger partial charge in [-0.05, 0) is 54.7 Å². The second kappa shape index (κ2) is 11.3. The van der Waals surface area contributed by atoms with E-state index in [1.807, 2.05) is 48.7 Å². The Hall–Kier alpha value is -2.47. The van der Waals surface area contributed by atoms with Gasteiger partial charge in [0, 0.05) is 5.69 Å². The van der Waals surface area contributed by atoms with E-state index in [1.54, 1.807) is 23.9 Å². The first kappa shape index (κ1) is 20.8. The van der Waals surface area contributed by atoms with Crippen molar-refractivity contribution in [1.82, 2.24) is 5.32 Å². The molecule has 0 aliphatic carbocycles. The van der Waals surface area contributed by atoms with E-state index < -0.39 is 6.04 Å². The molecule has 2 aromatic carbocycles. The zero-order chi connectivity index (χ0) is 19.5. The molecule has 0 fully saturated rings. The third kappa shape index (κ3) is 7.35. The maximum atomic E-state index is 12.6. The molecule has 0 radical (unpaired) electrons. The first-order chi connectivity index (χ1) is 13.1. The Morgan fingerprint density at radius 3 is 2.41 bits per heavy atom. The van der Waals surface area contributed by atoms with E-state index >= 15 is 0 Å². The Kier molecular flexibility index (Phi) is 8.71. The van der Waals surface area contributed by atoms with Crippen LogP contribution in [0.4, 0.5) is 5.69 Å². The van der Waals surface area contributed by atoms with Crippen molar-refractivity contribution in [2.45, 2.75) is 25.8 Å². The van der Waals surface area contributed by atoms with E-state index in [0.717, 1.165) is 17.9 Å². The standard InChI is InChI=1S/C21H26N2O3S/c1-3-16-9-11-17(12-10-16)22-21(25)19(13-14-27-2)23-20(24)15-26-18-7-5-4-6-8-18/h4-12,19H,3,13-15H2,1-2H3,(H,22,25)(H,23,24)/t19-/m1/s1. The zero-order valence-corrected chi connectivity index (χ0v) is 16.6. The lowest BCUT2D eigenvalue weighted by molar-refractivity contribution is -0.127. The Balaban J connectivity index is 1.91. The number of para-hydroxylation sites is 1. The number of aryl methyl sites for hydroxylation is 1. The van der Waals surface area contributed by atoms with Gasteiger partial charge in [0.1, 0.15) is 11.8 Å². The topological polar surface area (TPSA) is 67.4 Å². The van der Waals surface area contributed by atoms with Gasteiger partial charge >= 0.3 is 0 Å². The molecular formula is C21H26N2O3S. The number of carbonyl (C=O) groups is 2. The number of carbonyl (C=O) groups excluding carboxylic acids is 2. The quantitative estimate of drug-likeness (QED) is 0.656. The van der Waals surface area contributed by atoms with Gasteiger partial charge in [0.25, 0.3) is 5.91 Å². The molecular weight excluding hydrogens is 360 g/mol. The van der Waals surface area contributed by atoms with E-state index in [1.165, 1.54) is 5.56 Å². The van der Waals surface area contributed by atoms with Crippen molar-refractivity contribution in [2.75, 3.05) is 23.9 Å². The summed E-state index contributed by atoms with van der Waals surface area (Å²) in [7, 11) is 0. The lowest BCUT2D eigenvalue weighted by Crippen LogP contribution is -2.45. The second-order valence-corrected chi connectivity index (χ2v) is 7.03. The highest BCUT2D eigenvalue weighted by Crippen LogP contribution is 2.12. The predicted molar refractivity (Wildman–Crippen MR) is 111 cm³/mol. The van der Waals surface area contributed by atoms with Gasteiger partial charge in [0.2, 0.25) is 5.91 Å². The minimum atomic E-state index is -0.602. The number of ether oxygens (including phenoxy) is 1. The normalized spacial score (nSPS) is 11.5. The van der Waals surface area contributed by atoms with Crippen molar-refractivity contribution in [3.8, 4) is 5.75 Å². The molecule has 144 valence electrons. The van der Waals surface area contributed by atoms with Gasteiger partial charge in [-0.15, -0.1) is 0 Å². The summed E-state index contributed by atoms with van der Waals surface area (Å²) in [5.41, 5.74) is 1.93. The minimum Gasteiger partial charge on any atom is -0.484 e. The fourth-order valence-electron chi connectivity index (χ4n) is 2.46. The fourth-order valence-corrected chi connectivity index (χ4v) is 2.93. The van der Waals surface area contributed by atoms with Crippen molar-refractivity contribution >= 4 is 29.3 Å². The maximum absolute atomic E-state index is 12.6. The van der Waals surface area contributed by atoms with Crippen LogP contribution in [0.25, 0.3) is 0 Å². The Morgan fingerprint density at radius 1 is 1.07 bits per heavy atom. The number of nitrogens with one attached hydrogen (secondary N) is 2. The van der Waals surface area contributed by atoms with Crippen molar-refractivity contribution < 1.29 is 14.3 Å². The number of anilines is 1. The van der Waals surface area contributed by atoms with Crippen molar-refractivity contribution in [2.24, 2.45) is 0 Å². The maximum Gasteiger partial charge on any atom is 0.258 e. The molecule has 2 amide bonds. The Morgan fingerprint density at radius 2 is 1.78 bits per heavy atom. The molecule has 2 rings (SSSR count). The number of amides is 2. The minimum absolute atomic E-state index is 0.127. The third-order valence-electron chi connectivity index (χ3n) is 4.01. The third-order valence-corrected chi connectivity index (χ3v) is 4.65. The van der Waals surface area contributed by atoms with E-state index in [4.69, 9.17) is 4.74 Å². The molecule has 27 heavy (non-hydrogen) atoms. The predicted octanol–water partition coefficient (Wildman–Crippen LogP) is 3.50. The number of thioether (sulfide) groups is 1. The summed E-state index contributed by atoms with van der Waals surface area (Å²) in [4.78, 5) is 24.8. The largest absolute Gasteiger partial charge is 0.484 e. The molecule has 0 aliphatic heterocycles. The van der Waals surface area contributed by atoms with Crippen LogP contribution in [-0.2, 0) is 16.0 Å². The van der Waals surface area contributed by atoms with E-state index in [0.29, 0.717) is 12.2 Å². The number of hydrogen-bond donors (Lipinski definition) is 2. The van der Waals surface area contributed by atoms with E-state index in [9.17, 15) is 9.59 Å². The molecule has 2 aromatic rings. The number of benzene rings is 2. The lowest BCUT2D eigenvalue weighted by atomic mass is 10.1. The van der Waals surface area contributed by atoms with Crippen molar-refractivity contribution in [3.05, 3.63) is 60.2 Å². The van der Waals surface area contributed by atoms with Crippen LogP contribution in [0.2, 0.25) is 0 Å². The highest BCUT2D eigenvalue weighted by Gasteiger charge is 2.20. The second-order valence-electron chi connectivity index (χ2n) is 6.04. The molecule has 0 aromatic heterocycles. The van der Waals surface area contributed by atoms with Crippen LogP contribution in [0.15, 0.2) is 54.6 Å². The highest BCUT2D eigenvalue weighted by atomic mass is 32.2. The summed E-state index contributed by atoms with van der Waals surface area (Å²) >= 11 is 1.63. The first-order valence-electron chi connectivity index (χ1n) is 8.98. The zero-order valence-electron chi connectivity index (χ0n) is 15.7. The van der Waals surface area contributed by atoms with Crippen LogP contribution >= 0.6 is 11.8 Å². The van der Waals surface area contributed by atoms with Crippen molar-refractivity contribution in [3.63, 3.8) is 0 Å². The van der Waals surface area contributed by atoms with Crippen LogP contribution in [0, 0.1) is 0 Å². The van der Waals surface area contributed by atoms with Gasteiger partial charge in [0.05, 0.1) is 0 Å². The van der Waals surface area contributed by atoms with Crippen LogP contribution in [0.3, 0.4) is 0 Å². The van der Waals surface area contributed by atoms with Gasteiger partial charge in [-0.25, -0.2) is 0 Å². The molecule has 0 bridgehead atoms. The molecule has 0 unspecified atom stereocenters. The van der Waals surface area contributed by atoms with Crippen LogP contribution in [0.1, 0.15) is 18.9 Å². The Bertz CT molecular complexity index is 720. The Labute approximate surface area is 164 Å². The summed E-state index contributed by atoms with van der Waals surface area (Å²) in [6.45, 7) is 1.96. The number of rotatable bonds is 10. The van der Waals surface area contributed by atoms with Gasteiger partial charge < -0.3 is 15.4 Å². The summed E-state index contributed by atoms with van der Waals surface area (Å²) in [6.07, 6.45) is 3.47. The van der Waals surface area contributed by atoms with E-state index in [-0.39, 0.29) is 18.4 Å². The molecule has 0 heterocycles. The van der Waals surface area contributed by atoms with Gasteiger partial charge in [-0.3, -0.25) is 9.59 Å². The molecule has 2 N–H and O–H groups in total. The molecule has 0 saturated carbocycles. The highest BCUT2D eigenvalue weighted by molar-refractivity contribution is 7.98. The fraction of sp³-hybridized carbons (Fsp3) is 0.333. The summed E-state index contributed by atoms with van der Waals surface area (Å²) in [6, 6.07) is 16.2. The van der Waals surface area contributed by atoms with Gasteiger partial charge in [0.15, 0.2) is 6.61 Å². The molecule has 0 spiro atoms. The summed E-state index contributed by atoms with van der Waals surface area (Å²) in [5, 5.41) is 5.65. The van der Waals surface area contributed by atoms with E-state index in [2.05, 4.69) is 17.6 Å². The molecule has 1 atom stereocenters. The average molecular weight is 387 g/mol. The van der Waals surface area contributed by atoms with Crippen LogP contribution in [0.5, 0.6) is 5.75 Å². The van der Waals surface area contributed by atoms with Crippen LogP contribution < -0.4 is 15.4 Å². The number of hydrogen-bond acceptors (Lipinski definition) is 4. The monoisotopic (exact) mass is 386 g/mol. The summed E-state index contributed by atoms with van der Waals surface area (Å²) < 4.78 is 5.45. The molecule has 0 saturated heterocycles. The first-order valence-corrected chi connectivity index (χ1v) is 10.4. The van der Waals surface area contributed by atoms with Gasteiger partial charge in [-0.1, -0.05) is 37.3 Å². The van der Waals surface area contributed by atoms with Gasteiger partial charge in [-0.2, -0.15) is 11.8 Å². The van der Waals surface area contributed by atoms with Crippen LogP contribution in [-0.4, -0.2) is 36.5 Å². The molecule has 6 heteroatoms. The molecule has 5 nitrogen and oxygen atoms in total. The average Bonchev–Trinajstić information content (AvgIpc) is 2.70. The van der Waals surface area contributed by atoms with Crippen molar-refractivity contribution in [1.29, 1.82) is 0 Å². The summed E-state index contributed by atoms with van der Waals surface area (Å²) in [5.74, 6) is 0.851.